The summed E-state index contributed by atoms with van der Waals surface area (Å²) in [6, 6.07) is 13.7. The van der Waals surface area contributed by atoms with Gasteiger partial charge in [-0.05, 0) is 55.7 Å². The van der Waals surface area contributed by atoms with Gasteiger partial charge in [-0.3, -0.25) is 9.59 Å². The van der Waals surface area contributed by atoms with E-state index in [2.05, 4.69) is 10.2 Å². The number of nitrogens with one attached hydrogen (secondary N) is 1. The third-order valence-electron chi connectivity index (χ3n) is 4.49. The van der Waals surface area contributed by atoms with Gasteiger partial charge in [0.1, 0.15) is 0 Å². The molecule has 0 radical (unpaired) electrons. The summed E-state index contributed by atoms with van der Waals surface area (Å²) in [5, 5.41) is 11.7. The zero-order chi connectivity index (χ0) is 18.5. The van der Waals surface area contributed by atoms with Crippen molar-refractivity contribution in [2.75, 3.05) is 23.3 Å². The second-order valence-electron chi connectivity index (χ2n) is 6.29. The molecule has 0 aromatic heterocycles. The number of amides is 2. The van der Waals surface area contributed by atoms with E-state index in [-0.39, 0.29) is 5.56 Å². The standard InChI is InChI=1S/C20H20N4O2/c21-13-14-5-4-6-15(11-14)20(26)23-18-8-7-16(12-17(18)19(22)25)24-9-2-1-3-10-24/h4-8,11-12H,1-3,9-10H2,(H2,22,25)(H,23,26). The molecule has 132 valence electrons. The molecule has 26 heavy (non-hydrogen) atoms. The highest BCUT2D eigenvalue weighted by Crippen LogP contribution is 2.26. The number of hydrogen-bond acceptors (Lipinski definition) is 4. The summed E-state index contributed by atoms with van der Waals surface area (Å²) in [4.78, 5) is 26.6. The van der Waals surface area contributed by atoms with Gasteiger partial charge in [0, 0.05) is 24.3 Å². The summed E-state index contributed by atoms with van der Waals surface area (Å²) in [6.45, 7) is 1.90. The predicted octanol–water partition coefficient (Wildman–Crippen LogP) is 2.90. The van der Waals surface area contributed by atoms with E-state index < -0.39 is 11.8 Å². The van der Waals surface area contributed by atoms with Gasteiger partial charge in [-0.2, -0.15) is 5.26 Å². The Bertz CT molecular complexity index is 880. The highest BCUT2D eigenvalue weighted by Gasteiger charge is 2.17. The molecule has 1 fully saturated rings. The number of carbonyl (C=O) groups excluding carboxylic acids is 2. The first-order chi connectivity index (χ1) is 12.6. The second kappa shape index (κ2) is 7.70. The Labute approximate surface area is 152 Å². The number of carbonyl (C=O) groups is 2. The molecular weight excluding hydrogens is 328 g/mol. The van der Waals surface area contributed by atoms with Crippen LogP contribution in [0.3, 0.4) is 0 Å². The smallest absolute Gasteiger partial charge is 0.255 e. The molecule has 1 heterocycles. The zero-order valence-corrected chi connectivity index (χ0v) is 14.4. The van der Waals surface area contributed by atoms with E-state index in [1.54, 1.807) is 30.3 Å². The molecule has 2 amide bonds. The molecule has 1 saturated heterocycles. The number of nitrogens with zero attached hydrogens (tertiary/aromatic N) is 2. The Kier molecular flexibility index (Phi) is 5.18. The van der Waals surface area contributed by atoms with Gasteiger partial charge in [0.2, 0.25) is 0 Å². The van der Waals surface area contributed by atoms with Crippen molar-refractivity contribution in [2.45, 2.75) is 19.3 Å². The molecule has 0 aliphatic carbocycles. The molecule has 0 saturated carbocycles. The summed E-state index contributed by atoms with van der Waals surface area (Å²) in [5.74, 6) is -0.986. The first-order valence-electron chi connectivity index (χ1n) is 8.59. The molecule has 1 aliphatic heterocycles. The minimum Gasteiger partial charge on any atom is -0.372 e. The molecule has 1 aliphatic rings. The summed E-state index contributed by atoms with van der Waals surface area (Å²) in [5.41, 5.74) is 7.84. The molecule has 2 aromatic carbocycles. The fraction of sp³-hybridized carbons (Fsp3) is 0.250. The van der Waals surface area contributed by atoms with E-state index in [9.17, 15) is 9.59 Å². The molecule has 3 N–H and O–H groups in total. The lowest BCUT2D eigenvalue weighted by Crippen LogP contribution is -2.29. The maximum Gasteiger partial charge on any atom is 0.255 e. The van der Waals surface area contributed by atoms with Crippen LogP contribution in [0.25, 0.3) is 0 Å². The summed E-state index contributed by atoms with van der Waals surface area (Å²) < 4.78 is 0. The predicted molar refractivity (Wildman–Crippen MR) is 100 cm³/mol. The van der Waals surface area contributed by atoms with Crippen molar-refractivity contribution >= 4 is 23.2 Å². The second-order valence-corrected chi connectivity index (χ2v) is 6.29. The number of primary amides is 1. The molecule has 0 bridgehead atoms. The van der Waals surface area contributed by atoms with Crippen LogP contribution < -0.4 is 16.0 Å². The summed E-state index contributed by atoms with van der Waals surface area (Å²) in [6.07, 6.45) is 3.47. The Morgan fingerprint density at radius 3 is 2.54 bits per heavy atom. The van der Waals surface area contributed by atoms with Crippen LogP contribution in [0.1, 0.15) is 45.5 Å². The summed E-state index contributed by atoms with van der Waals surface area (Å²) >= 11 is 0. The van der Waals surface area contributed by atoms with Crippen LogP contribution in [0.4, 0.5) is 11.4 Å². The van der Waals surface area contributed by atoms with Crippen molar-refractivity contribution in [1.82, 2.24) is 0 Å². The Hall–Kier alpha value is -3.33. The highest BCUT2D eigenvalue weighted by atomic mass is 16.2. The van der Waals surface area contributed by atoms with E-state index in [0.29, 0.717) is 16.8 Å². The van der Waals surface area contributed by atoms with Crippen LogP contribution >= 0.6 is 0 Å². The number of nitriles is 1. The van der Waals surface area contributed by atoms with Gasteiger partial charge < -0.3 is 16.0 Å². The topological polar surface area (TPSA) is 99.2 Å². The van der Waals surface area contributed by atoms with Gasteiger partial charge >= 0.3 is 0 Å². The van der Waals surface area contributed by atoms with Gasteiger partial charge in [-0.25, -0.2) is 0 Å². The van der Waals surface area contributed by atoms with Gasteiger partial charge in [-0.1, -0.05) is 6.07 Å². The first kappa shape index (κ1) is 17.5. The molecule has 0 unspecified atom stereocenters. The average molecular weight is 348 g/mol. The van der Waals surface area contributed by atoms with Crippen molar-refractivity contribution in [3.8, 4) is 6.07 Å². The van der Waals surface area contributed by atoms with E-state index in [1.165, 1.54) is 12.5 Å². The van der Waals surface area contributed by atoms with E-state index in [1.807, 2.05) is 12.1 Å². The van der Waals surface area contributed by atoms with E-state index in [4.69, 9.17) is 11.0 Å². The number of piperidine rings is 1. The number of anilines is 2. The van der Waals surface area contributed by atoms with Crippen molar-refractivity contribution < 1.29 is 9.59 Å². The number of nitrogens with two attached hydrogens (primary N) is 1. The lowest BCUT2D eigenvalue weighted by molar-refractivity contribution is 0.100. The normalized spacial score (nSPS) is 13.7. The van der Waals surface area contributed by atoms with Crippen molar-refractivity contribution in [2.24, 2.45) is 5.73 Å². The minimum absolute atomic E-state index is 0.276. The highest BCUT2D eigenvalue weighted by molar-refractivity contribution is 6.09. The SMILES string of the molecule is N#Cc1cccc(C(=O)Nc2ccc(N3CCCCC3)cc2C(N)=O)c1. The Morgan fingerprint density at radius 1 is 1.08 bits per heavy atom. The van der Waals surface area contributed by atoms with Gasteiger partial charge in [0.05, 0.1) is 22.9 Å². The molecule has 3 rings (SSSR count). The first-order valence-corrected chi connectivity index (χ1v) is 8.59. The van der Waals surface area contributed by atoms with Crippen LogP contribution in [-0.2, 0) is 0 Å². The van der Waals surface area contributed by atoms with Crippen molar-refractivity contribution in [3.63, 3.8) is 0 Å². The molecular formula is C20H20N4O2. The average Bonchev–Trinajstić information content (AvgIpc) is 2.68. The van der Waals surface area contributed by atoms with Gasteiger partial charge in [-0.15, -0.1) is 0 Å². The summed E-state index contributed by atoms with van der Waals surface area (Å²) in [7, 11) is 0. The Balaban J connectivity index is 1.85. The third-order valence-corrected chi connectivity index (χ3v) is 4.49. The Morgan fingerprint density at radius 2 is 1.85 bits per heavy atom. The lowest BCUT2D eigenvalue weighted by Gasteiger charge is -2.29. The molecule has 6 nitrogen and oxygen atoms in total. The van der Waals surface area contributed by atoms with E-state index >= 15 is 0 Å². The van der Waals surface area contributed by atoms with Crippen LogP contribution in [0.2, 0.25) is 0 Å². The maximum absolute atomic E-state index is 12.5. The maximum atomic E-state index is 12.5. The number of rotatable bonds is 4. The minimum atomic E-state index is -0.593. The monoisotopic (exact) mass is 348 g/mol. The molecule has 0 atom stereocenters. The molecule has 0 spiro atoms. The van der Waals surface area contributed by atoms with E-state index in [0.717, 1.165) is 31.6 Å². The fourth-order valence-corrected chi connectivity index (χ4v) is 3.12. The van der Waals surface area contributed by atoms with Crippen molar-refractivity contribution in [3.05, 3.63) is 59.2 Å². The van der Waals surface area contributed by atoms with Gasteiger partial charge in [0.25, 0.3) is 11.8 Å². The third kappa shape index (κ3) is 3.83. The van der Waals surface area contributed by atoms with Gasteiger partial charge in [0.15, 0.2) is 0 Å². The number of hydrogen-bond donors (Lipinski definition) is 2. The number of benzene rings is 2. The fourth-order valence-electron chi connectivity index (χ4n) is 3.12. The lowest BCUT2D eigenvalue weighted by atomic mass is 10.1. The molecule has 2 aromatic rings. The van der Waals surface area contributed by atoms with Crippen LogP contribution in [0, 0.1) is 11.3 Å². The van der Waals surface area contributed by atoms with Crippen LogP contribution in [0.15, 0.2) is 42.5 Å². The van der Waals surface area contributed by atoms with Crippen LogP contribution in [-0.4, -0.2) is 24.9 Å². The quantitative estimate of drug-likeness (QED) is 0.887. The zero-order valence-electron chi connectivity index (χ0n) is 14.4. The molecule has 6 heteroatoms. The van der Waals surface area contributed by atoms with Crippen molar-refractivity contribution in [1.29, 1.82) is 5.26 Å². The largest absolute Gasteiger partial charge is 0.372 e. The van der Waals surface area contributed by atoms with Crippen LogP contribution in [0.5, 0.6) is 0 Å².